The summed E-state index contributed by atoms with van der Waals surface area (Å²) in [6.07, 6.45) is 1.23. The van der Waals surface area contributed by atoms with Crippen LogP contribution in [0.25, 0.3) is 0 Å². The zero-order valence-electron chi connectivity index (χ0n) is 12.6. The van der Waals surface area contributed by atoms with Gasteiger partial charge in [0.2, 0.25) is 0 Å². The molecule has 0 aliphatic heterocycles. The van der Waals surface area contributed by atoms with Crippen LogP contribution in [-0.2, 0) is 0 Å². The highest BCUT2D eigenvalue weighted by atomic mass is 19.1. The molecule has 21 heavy (non-hydrogen) atoms. The Balaban J connectivity index is 2.01. The fourth-order valence-corrected chi connectivity index (χ4v) is 1.91. The van der Waals surface area contributed by atoms with Crippen molar-refractivity contribution in [3.8, 4) is 5.75 Å². The number of anilines is 1. The Labute approximate surface area is 125 Å². The highest BCUT2D eigenvalue weighted by Crippen LogP contribution is 2.22. The van der Waals surface area contributed by atoms with Crippen LogP contribution in [-0.4, -0.2) is 11.6 Å². The van der Waals surface area contributed by atoms with Gasteiger partial charge in [0, 0.05) is 11.8 Å². The first-order chi connectivity index (χ1) is 10.0. The second-order valence-corrected chi connectivity index (χ2v) is 5.50. The number of rotatable bonds is 6. The molecule has 3 nitrogen and oxygen atoms in total. The molecule has 0 amide bonds. The maximum absolute atomic E-state index is 12.9. The molecule has 1 aromatic heterocycles. The third-order valence-corrected chi connectivity index (χ3v) is 2.99. The van der Waals surface area contributed by atoms with Crippen LogP contribution in [0.1, 0.15) is 32.5 Å². The van der Waals surface area contributed by atoms with Gasteiger partial charge < -0.3 is 10.1 Å². The molecule has 0 fully saturated rings. The summed E-state index contributed by atoms with van der Waals surface area (Å²) in [4.78, 5) is 4.09. The average molecular weight is 288 g/mol. The third-order valence-electron chi connectivity index (χ3n) is 2.99. The van der Waals surface area contributed by atoms with E-state index in [1.165, 1.54) is 12.3 Å². The predicted octanol–water partition coefficient (Wildman–Crippen LogP) is 4.43. The van der Waals surface area contributed by atoms with Crippen molar-refractivity contribution < 1.29 is 9.13 Å². The van der Waals surface area contributed by atoms with Crippen LogP contribution in [0, 0.1) is 11.7 Å². The Kier molecular flexibility index (Phi) is 5.14. The van der Waals surface area contributed by atoms with Crippen molar-refractivity contribution in [2.45, 2.75) is 26.8 Å². The lowest BCUT2D eigenvalue weighted by Gasteiger charge is -2.16. The van der Waals surface area contributed by atoms with Crippen LogP contribution in [0.5, 0.6) is 5.75 Å². The van der Waals surface area contributed by atoms with Crippen molar-refractivity contribution in [3.63, 3.8) is 0 Å². The van der Waals surface area contributed by atoms with E-state index in [-0.39, 0.29) is 11.9 Å². The van der Waals surface area contributed by atoms with Gasteiger partial charge in [-0.05, 0) is 37.1 Å². The van der Waals surface area contributed by atoms with Crippen molar-refractivity contribution >= 4 is 5.69 Å². The van der Waals surface area contributed by atoms with E-state index in [4.69, 9.17) is 4.74 Å². The minimum absolute atomic E-state index is 0.00838. The summed E-state index contributed by atoms with van der Waals surface area (Å²) >= 11 is 0. The number of halogens is 1. The van der Waals surface area contributed by atoms with Crippen LogP contribution < -0.4 is 10.1 Å². The second kappa shape index (κ2) is 7.07. The summed E-state index contributed by atoms with van der Waals surface area (Å²) in [6.45, 7) is 6.91. The van der Waals surface area contributed by atoms with Crippen LogP contribution in [0.15, 0.2) is 42.6 Å². The summed E-state index contributed by atoms with van der Waals surface area (Å²) in [5.41, 5.74) is 1.75. The van der Waals surface area contributed by atoms with Gasteiger partial charge in [-0.3, -0.25) is 4.98 Å². The standard InChI is InChI=1S/C17H21FN2O/c1-12(2)11-21-16-6-4-5-15(9-16)20-13(3)17-8-7-14(18)10-19-17/h4-10,12-13,20H,11H2,1-3H3. The Morgan fingerprint density at radius 1 is 1.19 bits per heavy atom. The smallest absolute Gasteiger partial charge is 0.141 e. The highest BCUT2D eigenvalue weighted by molar-refractivity contribution is 5.49. The third kappa shape index (κ3) is 4.74. The molecule has 0 saturated carbocycles. The molecule has 0 aliphatic carbocycles. The van der Waals surface area contributed by atoms with E-state index in [1.54, 1.807) is 6.07 Å². The first-order valence-electron chi connectivity index (χ1n) is 7.15. The maximum Gasteiger partial charge on any atom is 0.141 e. The molecule has 1 unspecified atom stereocenters. The molecule has 0 radical (unpaired) electrons. The topological polar surface area (TPSA) is 34.1 Å². The number of pyridine rings is 1. The van der Waals surface area contributed by atoms with Gasteiger partial charge in [-0.15, -0.1) is 0 Å². The molecule has 1 heterocycles. The van der Waals surface area contributed by atoms with E-state index in [2.05, 4.69) is 24.1 Å². The summed E-state index contributed by atoms with van der Waals surface area (Å²) in [6, 6.07) is 10.9. The van der Waals surface area contributed by atoms with E-state index >= 15 is 0 Å². The summed E-state index contributed by atoms with van der Waals surface area (Å²) in [7, 11) is 0. The van der Waals surface area contributed by atoms with E-state index < -0.39 is 0 Å². The van der Waals surface area contributed by atoms with E-state index in [0.29, 0.717) is 12.5 Å². The zero-order chi connectivity index (χ0) is 15.2. The van der Waals surface area contributed by atoms with Crippen LogP contribution in [0.2, 0.25) is 0 Å². The molecule has 2 aromatic rings. The zero-order valence-corrected chi connectivity index (χ0v) is 12.6. The summed E-state index contributed by atoms with van der Waals surface area (Å²) < 4.78 is 18.6. The van der Waals surface area contributed by atoms with Gasteiger partial charge >= 0.3 is 0 Å². The van der Waals surface area contributed by atoms with Crippen LogP contribution >= 0.6 is 0 Å². The van der Waals surface area contributed by atoms with Crippen molar-refractivity contribution in [3.05, 3.63) is 54.1 Å². The van der Waals surface area contributed by atoms with Crippen molar-refractivity contribution in [1.29, 1.82) is 0 Å². The lowest BCUT2D eigenvalue weighted by Crippen LogP contribution is -2.09. The Bertz CT molecular complexity index is 569. The first-order valence-corrected chi connectivity index (χ1v) is 7.15. The quantitative estimate of drug-likeness (QED) is 0.854. The number of hydrogen-bond acceptors (Lipinski definition) is 3. The normalized spacial score (nSPS) is 12.2. The Hall–Kier alpha value is -2.10. The van der Waals surface area contributed by atoms with Crippen LogP contribution in [0.3, 0.4) is 0 Å². The minimum atomic E-state index is -0.324. The Morgan fingerprint density at radius 2 is 2.00 bits per heavy atom. The predicted molar refractivity (Wildman–Crippen MR) is 83.0 cm³/mol. The highest BCUT2D eigenvalue weighted by Gasteiger charge is 2.07. The van der Waals surface area contributed by atoms with E-state index in [0.717, 1.165) is 17.1 Å². The van der Waals surface area contributed by atoms with Gasteiger partial charge in [-0.2, -0.15) is 0 Å². The lowest BCUT2D eigenvalue weighted by atomic mass is 10.2. The minimum Gasteiger partial charge on any atom is -0.493 e. The number of nitrogens with zero attached hydrogens (tertiary/aromatic N) is 1. The fraction of sp³-hybridized carbons (Fsp3) is 0.353. The van der Waals surface area contributed by atoms with Crippen LogP contribution in [0.4, 0.5) is 10.1 Å². The molecule has 0 spiro atoms. The summed E-state index contributed by atoms with van der Waals surface area (Å²) in [5.74, 6) is 1.01. The largest absolute Gasteiger partial charge is 0.493 e. The van der Waals surface area contributed by atoms with Gasteiger partial charge in [0.05, 0.1) is 24.5 Å². The maximum atomic E-state index is 12.9. The molecule has 4 heteroatoms. The van der Waals surface area contributed by atoms with Crippen molar-refractivity contribution in [2.75, 3.05) is 11.9 Å². The number of hydrogen-bond donors (Lipinski definition) is 1. The number of ether oxygens (including phenoxy) is 1. The van der Waals surface area contributed by atoms with Gasteiger partial charge in [-0.1, -0.05) is 19.9 Å². The monoisotopic (exact) mass is 288 g/mol. The molecule has 112 valence electrons. The lowest BCUT2D eigenvalue weighted by molar-refractivity contribution is 0.271. The van der Waals surface area contributed by atoms with Crippen molar-refractivity contribution in [1.82, 2.24) is 4.98 Å². The van der Waals surface area contributed by atoms with E-state index in [9.17, 15) is 4.39 Å². The number of benzene rings is 1. The SMILES string of the molecule is CC(C)COc1cccc(NC(C)c2ccc(F)cn2)c1. The Morgan fingerprint density at radius 3 is 2.67 bits per heavy atom. The fourth-order valence-electron chi connectivity index (χ4n) is 1.91. The van der Waals surface area contributed by atoms with Crippen molar-refractivity contribution in [2.24, 2.45) is 5.92 Å². The molecule has 0 saturated heterocycles. The molecule has 2 rings (SSSR count). The van der Waals surface area contributed by atoms with Gasteiger partial charge in [-0.25, -0.2) is 4.39 Å². The molecular weight excluding hydrogens is 267 g/mol. The number of aromatic nitrogens is 1. The van der Waals surface area contributed by atoms with E-state index in [1.807, 2.05) is 31.2 Å². The molecule has 0 bridgehead atoms. The molecule has 1 aromatic carbocycles. The molecular formula is C17H21FN2O. The van der Waals surface area contributed by atoms with Gasteiger partial charge in [0.25, 0.3) is 0 Å². The first kappa shape index (κ1) is 15.3. The van der Waals surface area contributed by atoms with Gasteiger partial charge in [0.15, 0.2) is 0 Å². The average Bonchev–Trinajstić information content (AvgIpc) is 2.46. The molecule has 1 atom stereocenters. The second-order valence-electron chi connectivity index (χ2n) is 5.50. The van der Waals surface area contributed by atoms with Gasteiger partial charge in [0.1, 0.15) is 11.6 Å². The number of nitrogens with one attached hydrogen (secondary N) is 1. The molecule has 1 N–H and O–H groups in total. The molecule has 0 aliphatic rings. The summed E-state index contributed by atoms with van der Waals surface area (Å²) in [5, 5.41) is 3.34.